The van der Waals surface area contributed by atoms with Gasteiger partial charge >= 0.3 is 6.18 Å². The molecular formula is C16H22ClF3N2O3. The maximum atomic E-state index is 12.9. The lowest BCUT2D eigenvalue weighted by Crippen LogP contribution is -2.46. The van der Waals surface area contributed by atoms with Crippen LogP contribution in [-0.4, -0.2) is 44.4 Å². The van der Waals surface area contributed by atoms with Crippen molar-refractivity contribution in [2.75, 3.05) is 20.3 Å². The number of benzene rings is 1. The van der Waals surface area contributed by atoms with Crippen molar-refractivity contribution in [1.82, 2.24) is 10.6 Å². The maximum absolute atomic E-state index is 12.9. The molecule has 1 saturated heterocycles. The first-order chi connectivity index (χ1) is 11.3. The highest BCUT2D eigenvalue weighted by Gasteiger charge is 2.34. The van der Waals surface area contributed by atoms with Crippen molar-refractivity contribution in [2.45, 2.75) is 37.7 Å². The predicted octanol–water partition coefficient (Wildman–Crippen LogP) is 2.39. The molecule has 2 N–H and O–H groups in total. The molecule has 1 fully saturated rings. The van der Waals surface area contributed by atoms with E-state index < -0.39 is 17.8 Å². The summed E-state index contributed by atoms with van der Waals surface area (Å²) in [7, 11) is 1.58. The molecule has 142 valence electrons. The van der Waals surface area contributed by atoms with E-state index in [0.29, 0.717) is 13.0 Å². The second-order valence-corrected chi connectivity index (χ2v) is 5.77. The molecule has 0 radical (unpaired) electrons. The van der Waals surface area contributed by atoms with Crippen LogP contribution >= 0.6 is 12.4 Å². The van der Waals surface area contributed by atoms with E-state index in [2.05, 4.69) is 10.6 Å². The Morgan fingerprint density at radius 2 is 2.08 bits per heavy atom. The summed E-state index contributed by atoms with van der Waals surface area (Å²) in [5.41, 5.74) is -0.830. The lowest BCUT2D eigenvalue weighted by Gasteiger charge is -2.19. The van der Waals surface area contributed by atoms with E-state index in [9.17, 15) is 18.0 Å². The van der Waals surface area contributed by atoms with Crippen molar-refractivity contribution in [3.05, 3.63) is 29.8 Å². The zero-order valence-electron chi connectivity index (χ0n) is 13.9. The molecule has 3 atom stereocenters. The van der Waals surface area contributed by atoms with Crippen LogP contribution in [0.2, 0.25) is 0 Å². The predicted molar refractivity (Wildman–Crippen MR) is 89.0 cm³/mol. The van der Waals surface area contributed by atoms with Gasteiger partial charge in [0.25, 0.3) is 0 Å². The lowest BCUT2D eigenvalue weighted by molar-refractivity contribution is -0.139. The van der Waals surface area contributed by atoms with Gasteiger partial charge in [0.15, 0.2) is 0 Å². The quantitative estimate of drug-likeness (QED) is 0.793. The minimum atomic E-state index is -4.48. The molecule has 5 nitrogen and oxygen atoms in total. The number of ether oxygens (including phenoxy) is 2. The van der Waals surface area contributed by atoms with Gasteiger partial charge in [0, 0.05) is 13.7 Å². The van der Waals surface area contributed by atoms with E-state index in [1.165, 1.54) is 18.2 Å². The summed E-state index contributed by atoms with van der Waals surface area (Å²) >= 11 is 0. The van der Waals surface area contributed by atoms with Gasteiger partial charge in [-0.05, 0) is 25.5 Å². The van der Waals surface area contributed by atoms with Crippen molar-refractivity contribution in [3.63, 3.8) is 0 Å². The van der Waals surface area contributed by atoms with Gasteiger partial charge in [-0.1, -0.05) is 12.1 Å². The van der Waals surface area contributed by atoms with Gasteiger partial charge in [-0.25, -0.2) is 0 Å². The highest BCUT2D eigenvalue weighted by atomic mass is 35.5. The fourth-order valence-electron chi connectivity index (χ4n) is 2.51. The van der Waals surface area contributed by atoms with Crippen molar-refractivity contribution in [3.8, 4) is 5.75 Å². The van der Waals surface area contributed by atoms with Crippen molar-refractivity contribution >= 4 is 18.3 Å². The molecular weight excluding hydrogens is 361 g/mol. The van der Waals surface area contributed by atoms with Gasteiger partial charge < -0.3 is 20.1 Å². The van der Waals surface area contributed by atoms with E-state index in [0.717, 1.165) is 6.07 Å². The molecule has 1 aliphatic rings. The van der Waals surface area contributed by atoms with E-state index in [1.54, 1.807) is 14.0 Å². The Hall–Kier alpha value is -1.51. The topological polar surface area (TPSA) is 59.6 Å². The Balaban J connectivity index is 0.00000312. The summed E-state index contributed by atoms with van der Waals surface area (Å²) in [6.45, 7) is 2.22. The number of methoxy groups -OCH3 is 1. The Kier molecular flexibility index (Phi) is 7.98. The molecule has 0 saturated carbocycles. The maximum Gasteiger partial charge on any atom is 0.419 e. The molecule has 0 aromatic heterocycles. The normalized spacial score (nSPS) is 21.3. The number of halogens is 4. The number of hydrogen-bond acceptors (Lipinski definition) is 4. The van der Waals surface area contributed by atoms with Crippen molar-refractivity contribution in [2.24, 2.45) is 0 Å². The second-order valence-electron chi connectivity index (χ2n) is 5.77. The van der Waals surface area contributed by atoms with Crippen LogP contribution in [0.5, 0.6) is 5.75 Å². The fourth-order valence-corrected chi connectivity index (χ4v) is 2.51. The molecule has 9 heteroatoms. The summed E-state index contributed by atoms with van der Waals surface area (Å²) in [6.07, 6.45) is -3.93. The Morgan fingerprint density at radius 1 is 1.40 bits per heavy atom. The molecule has 1 aromatic carbocycles. The van der Waals surface area contributed by atoms with Crippen LogP contribution < -0.4 is 15.4 Å². The van der Waals surface area contributed by atoms with Gasteiger partial charge in [0.05, 0.1) is 23.8 Å². The van der Waals surface area contributed by atoms with Gasteiger partial charge in [-0.2, -0.15) is 13.2 Å². The van der Waals surface area contributed by atoms with Crippen molar-refractivity contribution < 1.29 is 27.4 Å². The average molecular weight is 383 g/mol. The van der Waals surface area contributed by atoms with E-state index in [-0.39, 0.29) is 42.8 Å². The third-order valence-electron chi connectivity index (χ3n) is 3.81. The number of para-hydroxylation sites is 1. The van der Waals surface area contributed by atoms with Crippen LogP contribution in [0.15, 0.2) is 24.3 Å². The molecule has 1 amide bonds. The van der Waals surface area contributed by atoms with Gasteiger partial charge in [0.1, 0.15) is 12.4 Å². The average Bonchev–Trinajstić information content (AvgIpc) is 3.01. The number of amides is 1. The van der Waals surface area contributed by atoms with Crippen LogP contribution in [-0.2, 0) is 15.7 Å². The van der Waals surface area contributed by atoms with Crippen LogP contribution in [0.3, 0.4) is 0 Å². The first-order valence-corrected chi connectivity index (χ1v) is 7.67. The Morgan fingerprint density at radius 3 is 2.68 bits per heavy atom. The number of hydrogen-bond donors (Lipinski definition) is 2. The summed E-state index contributed by atoms with van der Waals surface area (Å²) in [5, 5.41) is 5.77. The standard InChI is InChI=1S/C16H21F3N2O3.ClH/c1-10(21-15(22)13-7-11(23-2)8-20-13)9-24-14-6-4-3-5-12(14)16(17,18)19;/h3-6,10-11,13,20H,7-9H2,1-2H3,(H,21,22);1H/t10?,11-,13+;/m0./s1. The van der Waals surface area contributed by atoms with E-state index in [4.69, 9.17) is 9.47 Å². The summed E-state index contributed by atoms with van der Waals surface area (Å²) in [5.74, 6) is -0.459. The largest absolute Gasteiger partial charge is 0.491 e. The van der Waals surface area contributed by atoms with Gasteiger partial charge in [0.2, 0.25) is 5.91 Å². The first kappa shape index (κ1) is 21.5. The number of rotatable bonds is 6. The first-order valence-electron chi connectivity index (χ1n) is 7.67. The van der Waals surface area contributed by atoms with Gasteiger partial charge in [-0.3, -0.25) is 4.79 Å². The van der Waals surface area contributed by atoms with Crippen LogP contribution in [0.4, 0.5) is 13.2 Å². The number of carbonyl (C=O) groups is 1. The fraction of sp³-hybridized carbons (Fsp3) is 0.562. The molecule has 1 aromatic rings. The van der Waals surface area contributed by atoms with Gasteiger partial charge in [-0.15, -0.1) is 12.4 Å². The van der Waals surface area contributed by atoms with Crippen LogP contribution in [0.1, 0.15) is 18.9 Å². The Labute approximate surface area is 150 Å². The molecule has 0 aliphatic carbocycles. The minimum Gasteiger partial charge on any atom is -0.491 e. The number of nitrogens with one attached hydrogen (secondary N) is 2. The minimum absolute atomic E-state index is 0. The molecule has 0 bridgehead atoms. The zero-order valence-corrected chi connectivity index (χ0v) is 14.7. The monoisotopic (exact) mass is 382 g/mol. The highest BCUT2D eigenvalue weighted by molar-refractivity contribution is 5.85. The summed E-state index contributed by atoms with van der Waals surface area (Å²) in [6, 6.07) is 4.22. The second kappa shape index (κ2) is 9.26. The smallest absolute Gasteiger partial charge is 0.419 e. The molecule has 25 heavy (non-hydrogen) atoms. The third-order valence-corrected chi connectivity index (χ3v) is 3.81. The third kappa shape index (κ3) is 6.05. The molecule has 1 aliphatic heterocycles. The van der Waals surface area contributed by atoms with E-state index >= 15 is 0 Å². The van der Waals surface area contributed by atoms with E-state index in [1.807, 2.05) is 0 Å². The molecule has 0 spiro atoms. The Bertz CT molecular complexity index is 572. The van der Waals surface area contributed by atoms with Crippen LogP contribution in [0.25, 0.3) is 0 Å². The molecule has 1 unspecified atom stereocenters. The summed E-state index contributed by atoms with van der Waals surface area (Å²) in [4.78, 5) is 12.1. The van der Waals surface area contributed by atoms with Crippen LogP contribution in [0, 0.1) is 0 Å². The van der Waals surface area contributed by atoms with Crippen molar-refractivity contribution in [1.29, 1.82) is 0 Å². The summed E-state index contributed by atoms with van der Waals surface area (Å²) < 4.78 is 49.1. The molecule has 1 heterocycles. The number of alkyl halides is 3. The SMILES string of the molecule is CO[C@@H]1CN[C@@H](C(=O)NC(C)COc2ccccc2C(F)(F)F)C1.Cl. The molecule has 2 rings (SSSR count). The zero-order chi connectivity index (χ0) is 17.7. The lowest BCUT2D eigenvalue weighted by atomic mass is 10.2. The highest BCUT2D eigenvalue weighted by Crippen LogP contribution is 2.35. The number of carbonyl (C=O) groups excluding carboxylic acids is 1.